The maximum Gasteiger partial charge on any atom is 0.417 e. The van der Waals surface area contributed by atoms with Gasteiger partial charge >= 0.3 is 6.18 Å². The maximum atomic E-state index is 13.7. The van der Waals surface area contributed by atoms with Crippen LogP contribution in [0.3, 0.4) is 0 Å². The molecule has 0 bridgehead atoms. The highest BCUT2D eigenvalue weighted by atomic mass is 79.9. The number of nitrogens with two attached hydrogens (primary N) is 1. The fourth-order valence-corrected chi connectivity index (χ4v) is 5.25. The number of nitrogens with zero attached hydrogens (tertiary/aromatic N) is 1. The molecule has 0 radical (unpaired) electrons. The van der Waals surface area contributed by atoms with Gasteiger partial charge in [0, 0.05) is 16.9 Å². The second-order valence-corrected chi connectivity index (χ2v) is 10.7. The van der Waals surface area contributed by atoms with Crippen molar-refractivity contribution >= 4 is 42.8 Å². The van der Waals surface area contributed by atoms with E-state index in [0.29, 0.717) is 28.1 Å². The Bertz CT molecular complexity index is 1150. The van der Waals surface area contributed by atoms with Crippen LogP contribution in [-0.2, 0) is 20.8 Å². The summed E-state index contributed by atoms with van der Waals surface area (Å²) in [6.07, 6.45) is 1.68. The zero-order valence-electron chi connectivity index (χ0n) is 17.2. The Balaban J connectivity index is 2.33. The highest BCUT2D eigenvalue weighted by Gasteiger charge is 2.37. The molecule has 0 spiro atoms. The van der Waals surface area contributed by atoms with Crippen molar-refractivity contribution in [2.45, 2.75) is 43.2 Å². The third-order valence-corrected chi connectivity index (χ3v) is 7.13. The van der Waals surface area contributed by atoms with E-state index in [2.05, 4.69) is 20.9 Å². The molecular formula is C22H22BrF3N2O3S. The lowest BCUT2D eigenvalue weighted by atomic mass is 9.78. The zero-order valence-corrected chi connectivity index (χ0v) is 19.6. The van der Waals surface area contributed by atoms with Gasteiger partial charge in [-0.15, -0.1) is 0 Å². The van der Waals surface area contributed by atoms with Crippen LogP contribution in [0.5, 0.6) is 0 Å². The molecule has 0 atom stereocenters. The Labute approximate surface area is 193 Å². The largest absolute Gasteiger partial charge is 0.417 e. The van der Waals surface area contributed by atoms with Gasteiger partial charge in [0.05, 0.1) is 21.7 Å². The highest BCUT2D eigenvalue weighted by Crippen LogP contribution is 2.42. The number of carbonyl (C=O) groups excluding carboxylic acids is 1. The Morgan fingerprint density at radius 1 is 1.12 bits per heavy atom. The van der Waals surface area contributed by atoms with Crippen molar-refractivity contribution in [1.82, 2.24) is 4.98 Å². The number of halogens is 4. The molecule has 0 saturated heterocycles. The van der Waals surface area contributed by atoms with Crippen molar-refractivity contribution in [3.05, 3.63) is 57.8 Å². The fraction of sp³-hybridized carbons (Fsp3) is 0.364. The predicted octanol–water partition coefficient (Wildman–Crippen LogP) is 5.24. The van der Waals surface area contributed by atoms with Gasteiger partial charge in [-0.1, -0.05) is 25.3 Å². The van der Waals surface area contributed by atoms with E-state index in [1.807, 2.05) is 0 Å². The molecule has 1 fully saturated rings. The summed E-state index contributed by atoms with van der Waals surface area (Å²) in [6.45, 7) is 0. The minimum Gasteiger partial charge on any atom is -0.366 e. The molecule has 5 nitrogen and oxygen atoms in total. The molecule has 1 saturated carbocycles. The molecule has 3 rings (SSSR count). The minimum absolute atomic E-state index is 0.0720. The number of alkyl halides is 3. The lowest BCUT2D eigenvalue weighted by molar-refractivity contribution is -0.139. The van der Waals surface area contributed by atoms with Gasteiger partial charge in [-0.25, -0.2) is 8.42 Å². The van der Waals surface area contributed by atoms with Crippen molar-refractivity contribution in [3.8, 4) is 0 Å². The van der Waals surface area contributed by atoms with Crippen LogP contribution in [0, 0.1) is 5.92 Å². The number of hydrogen-bond acceptors (Lipinski definition) is 4. The maximum absolute atomic E-state index is 13.7. The molecule has 2 aromatic rings. The standard InChI is InChI=1S/C22H22BrF3N2O3S/c1-32(30,31)18-10-7-14(11-16(18)22(24,25)26)20(21(27)29)19(13-5-3-2-4-6-13)17-9-8-15(23)12-28-17/h7-13H,2-6H2,1H3,(H2,27,29). The van der Waals surface area contributed by atoms with Crippen LogP contribution in [0.4, 0.5) is 13.2 Å². The number of hydrogen-bond donors (Lipinski definition) is 1. The number of sulfone groups is 1. The Hall–Kier alpha value is -2.20. The molecule has 1 heterocycles. The average molecular weight is 531 g/mol. The Morgan fingerprint density at radius 3 is 2.28 bits per heavy atom. The normalized spacial score (nSPS) is 16.5. The molecule has 32 heavy (non-hydrogen) atoms. The van der Waals surface area contributed by atoms with E-state index in [0.717, 1.165) is 38.2 Å². The lowest BCUT2D eigenvalue weighted by Crippen LogP contribution is -2.20. The summed E-state index contributed by atoms with van der Waals surface area (Å²) in [7, 11) is -4.15. The van der Waals surface area contributed by atoms with E-state index in [4.69, 9.17) is 5.73 Å². The van der Waals surface area contributed by atoms with Gasteiger partial charge in [-0.05, 0) is 70.1 Å². The molecule has 2 N–H and O–H groups in total. The Morgan fingerprint density at radius 2 is 1.78 bits per heavy atom. The molecule has 172 valence electrons. The fourth-order valence-electron chi connectivity index (χ4n) is 4.13. The van der Waals surface area contributed by atoms with Crippen LogP contribution in [0.15, 0.2) is 45.9 Å². The second-order valence-electron chi connectivity index (χ2n) is 7.83. The molecule has 0 unspecified atom stereocenters. The van der Waals surface area contributed by atoms with Gasteiger partial charge in [-0.3, -0.25) is 9.78 Å². The predicted molar refractivity (Wildman–Crippen MR) is 119 cm³/mol. The summed E-state index contributed by atoms with van der Waals surface area (Å²) in [5, 5.41) is 0. The molecule has 0 aliphatic heterocycles. The van der Waals surface area contributed by atoms with Crippen molar-refractivity contribution in [3.63, 3.8) is 0 Å². The average Bonchev–Trinajstić information content (AvgIpc) is 2.71. The first-order chi connectivity index (χ1) is 14.9. The van der Waals surface area contributed by atoms with Crippen LogP contribution in [0.2, 0.25) is 0 Å². The van der Waals surface area contributed by atoms with Gasteiger partial charge in [0.15, 0.2) is 9.84 Å². The van der Waals surface area contributed by atoms with E-state index in [-0.39, 0.29) is 17.1 Å². The third kappa shape index (κ3) is 5.40. The van der Waals surface area contributed by atoms with E-state index < -0.39 is 32.4 Å². The number of aromatic nitrogens is 1. The lowest BCUT2D eigenvalue weighted by Gasteiger charge is -2.27. The molecule has 1 aromatic carbocycles. The van der Waals surface area contributed by atoms with E-state index in [9.17, 15) is 26.4 Å². The first-order valence-corrected chi connectivity index (χ1v) is 12.7. The highest BCUT2D eigenvalue weighted by molar-refractivity contribution is 9.10. The van der Waals surface area contributed by atoms with Crippen molar-refractivity contribution in [1.29, 1.82) is 0 Å². The monoisotopic (exact) mass is 530 g/mol. The number of pyridine rings is 1. The van der Waals surface area contributed by atoms with Crippen LogP contribution >= 0.6 is 15.9 Å². The SMILES string of the molecule is CS(=O)(=O)c1ccc(C(C(N)=O)=C(c2ccc(Br)cn2)C2CCCCC2)cc1C(F)(F)F. The van der Waals surface area contributed by atoms with Crippen LogP contribution in [-0.4, -0.2) is 25.6 Å². The topological polar surface area (TPSA) is 90.1 Å². The van der Waals surface area contributed by atoms with Gasteiger partial charge in [0.25, 0.3) is 0 Å². The van der Waals surface area contributed by atoms with Gasteiger partial charge in [0.1, 0.15) is 0 Å². The summed E-state index contributed by atoms with van der Waals surface area (Å²) in [5.41, 5.74) is 5.15. The summed E-state index contributed by atoms with van der Waals surface area (Å²) >= 11 is 3.31. The van der Waals surface area contributed by atoms with Gasteiger partial charge in [0.2, 0.25) is 5.91 Å². The molecule has 10 heteroatoms. The minimum atomic E-state index is -4.93. The number of allylic oxidation sites excluding steroid dienone is 1. The first-order valence-electron chi connectivity index (χ1n) is 9.97. The molecule has 1 aliphatic rings. The van der Waals surface area contributed by atoms with E-state index >= 15 is 0 Å². The number of carbonyl (C=O) groups is 1. The Kier molecular flexibility index (Phi) is 7.14. The molecule has 1 amide bonds. The first kappa shape index (κ1) is 24.4. The van der Waals surface area contributed by atoms with Crippen LogP contribution in [0.25, 0.3) is 11.1 Å². The smallest absolute Gasteiger partial charge is 0.366 e. The van der Waals surface area contributed by atoms with Crippen LogP contribution < -0.4 is 5.73 Å². The third-order valence-electron chi connectivity index (χ3n) is 5.51. The number of benzene rings is 1. The quantitative estimate of drug-likeness (QED) is 0.535. The molecule has 1 aliphatic carbocycles. The number of amides is 1. The van der Waals surface area contributed by atoms with E-state index in [1.165, 1.54) is 6.07 Å². The second kappa shape index (κ2) is 9.35. The number of rotatable bonds is 5. The van der Waals surface area contributed by atoms with E-state index in [1.54, 1.807) is 18.3 Å². The van der Waals surface area contributed by atoms with Crippen molar-refractivity contribution < 1.29 is 26.4 Å². The summed E-state index contributed by atoms with van der Waals surface area (Å²) in [6, 6.07) is 6.19. The summed E-state index contributed by atoms with van der Waals surface area (Å²) in [5.74, 6) is -1.00. The summed E-state index contributed by atoms with van der Waals surface area (Å²) < 4.78 is 65.8. The van der Waals surface area contributed by atoms with Crippen molar-refractivity contribution in [2.75, 3.05) is 6.26 Å². The van der Waals surface area contributed by atoms with Crippen LogP contribution in [0.1, 0.15) is 48.9 Å². The number of primary amides is 1. The zero-order chi connectivity index (χ0) is 23.7. The van der Waals surface area contributed by atoms with Gasteiger partial charge < -0.3 is 5.73 Å². The van der Waals surface area contributed by atoms with Gasteiger partial charge in [-0.2, -0.15) is 13.2 Å². The summed E-state index contributed by atoms with van der Waals surface area (Å²) in [4.78, 5) is 16.1. The molecule has 1 aromatic heterocycles. The van der Waals surface area contributed by atoms with Crippen molar-refractivity contribution in [2.24, 2.45) is 11.7 Å². The molecular weight excluding hydrogens is 509 g/mol.